The van der Waals surface area contributed by atoms with E-state index in [1.807, 2.05) is 0 Å². The summed E-state index contributed by atoms with van der Waals surface area (Å²) in [5.41, 5.74) is 39.6. The Balaban J connectivity index is 0.630. The molecule has 0 fully saturated rings. The van der Waals surface area contributed by atoms with Gasteiger partial charge in [-0.3, -0.25) is 0 Å². The van der Waals surface area contributed by atoms with Crippen molar-refractivity contribution in [1.29, 1.82) is 0 Å². The molecule has 1 unspecified atom stereocenters. The van der Waals surface area contributed by atoms with E-state index in [0.717, 1.165) is 67.6 Å². The van der Waals surface area contributed by atoms with Gasteiger partial charge >= 0.3 is 0 Å². The summed E-state index contributed by atoms with van der Waals surface area (Å²) in [6, 6.07) is 170. The normalized spacial score (nSPS) is 14.9. The Kier molecular flexibility index (Phi) is 16.0. The smallest absolute Gasteiger partial charge is 0.0714 e. The lowest BCUT2D eigenvalue weighted by molar-refractivity contribution is 0.660. The molecule has 128 heavy (non-hydrogen) atoms. The van der Waals surface area contributed by atoms with Gasteiger partial charge in [-0.2, -0.15) is 0 Å². The molecule has 4 heteroatoms. The molecule has 0 radical (unpaired) electrons. The van der Waals surface area contributed by atoms with Crippen LogP contribution in [0.25, 0.3) is 132 Å². The monoisotopic (exact) mass is 1630 g/mol. The zero-order valence-corrected chi connectivity index (χ0v) is 71.5. The van der Waals surface area contributed by atoms with E-state index in [2.05, 4.69) is 496 Å². The van der Waals surface area contributed by atoms with E-state index in [1.54, 1.807) is 0 Å². The van der Waals surface area contributed by atoms with Crippen molar-refractivity contribution in [2.24, 2.45) is 0 Å². The van der Waals surface area contributed by atoms with E-state index < -0.39 is 10.8 Å². The Labute approximate surface area is 745 Å². The largest absolute Gasteiger partial charge is 0.310 e. The van der Waals surface area contributed by atoms with E-state index in [0.29, 0.717) is 0 Å². The molecule has 0 amide bonds. The molecule has 0 spiro atoms. The fourth-order valence-electron chi connectivity index (χ4n) is 23.8. The molecule has 1 atom stereocenters. The Morgan fingerprint density at radius 3 is 1.08 bits per heavy atom. The third kappa shape index (κ3) is 10.4. The Bertz CT molecular complexity index is 8340. The van der Waals surface area contributed by atoms with Crippen LogP contribution in [0, 0.1) is 0 Å². The van der Waals surface area contributed by atoms with Crippen molar-refractivity contribution >= 4 is 99.3 Å². The highest BCUT2D eigenvalue weighted by atomic mass is 15.2. The Hall–Kier alpha value is -15.9. The van der Waals surface area contributed by atoms with Gasteiger partial charge in [-0.25, -0.2) is 0 Å². The Morgan fingerprint density at radius 1 is 0.195 bits per heavy atom. The van der Waals surface area contributed by atoms with Crippen LogP contribution >= 0.6 is 0 Å². The molecule has 0 N–H and O–H groups in total. The summed E-state index contributed by atoms with van der Waals surface area (Å²) in [6.45, 7) is 9.64. The molecule has 20 aromatic carbocycles. The maximum Gasteiger partial charge on any atom is 0.0714 e. The summed E-state index contributed by atoms with van der Waals surface area (Å²) in [7, 11) is 0. The van der Waals surface area contributed by atoms with Crippen molar-refractivity contribution in [3.63, 3.8) is 0 Å². The molecule has 0 aliphatic heterocycles. The summed E-state index contributed by atoms with van der Waals surface area (Å²) in [4.78, 5) is 5.05. The number of hydrogen-bond donors (Lipinski definition) is 0. The van der Waals surface area contributed by atoms with Crippen LogP contribution in [0.4, 0.5) is 34.1 Å². The van der Waals surface area contributed by atoms with Crippen LogP contribution in [-0.2, 0) is 21.7 Å². The van der Waals surface area contributed by atoms with Crippen molar-refractivity contribution in [3.05, 3.63) is 516 Å². The third-order valence-electron chi connectivity index (χ3n) is 29.4. The van der Waals surface area contributed by atoms with Gasteiger partial charge < -0.3 is 18.9 Å². The number of fused-ring (bicyclic) bond motifs is 20. The second kappa shape index (κ2) is 27.8. The molecule has 0 saturated carbocycles. The topological polar surface area (TPSA) is 16.3 Å². The van der Waals surface area contributed by atoms with Gasteiger partial charge in [0.1, 0.15) is 0 Å². The van der Waals surface area contributed by atoms with Gasteiger partial charge in [0.25, 0.3) is 0 Å². The second-order valence-electron chi connectivity index (χ2n) is 36.5. The standard InChI is InChI=1S/C124H86N4/c1-121(2)106-51-25-21-46-95(106)98-66-61-91(78-113(98)121)126(115-57-30-35-80-33-18-20-45-93(80)115)90-64-71-119-105(77-90)103-74-85(60-69-117(103)128(119)87-42-15-8-16-43-87)124(83-38-11-6-12-39-83)110-54-28-24-49-100(110)120-94(50-31-55-111(120)124)81-58-65-99-101-75-88(62-67-107(101)122(3,4)112(99)72-81)125(114-56-29-34-79-32-17-19-44-92(79)114)89-63-70-118-104(76-89)102-73-84(59-68-116(102)127(118)86-40-13-7-14-41-86)123(82-36-9-5-10-37-82)108-52-26-22-47-96(108)97-48-23-27-53-109(97)123/h5-78H,1-4H3. The SMILES string of the molecule is CC1(C)c2ccc(N(c3ccc4c(c3)c3cc(C5(c6ccccc6)c6ccccc6-c6ccccc65)ccc3n4-c3ccccc3)c3cccc4ccccc34)cc2-c2ccc(-c3cccc4c3-c3ccccc3C4(c3ccccc3)c3ccc4c(c3)c3cc(N(c5ccc6c(c5)C(C)(C)c5ccccc5-6)c5cccc6ccccc56)ccc3n4-c3ccccc3)cc21. The van der Waals surface area contributed by atoms with Gasteiger partial charge in [-0.1, -0.05) is 349 Å². The van der Waals surface area contributed by atoms with E-state index in [9.17, 15) is 0 Å². The zero-order chi connectivity index (χ0) is 84.9. The van der Waals surface area contributed by atoms with Gasteiger partial charge in [0.2, 0.25) is 0 Å². The average molecular weight is 1630 g/mol. The van der Waals surface area contributed by atoms with Crippen molar-refractivity contribution < 1.29 is 0 Å². The minimum Gasteiger partial charge on any atom is -0.310 e. The average Bonchev–Trinajstić information content (AvgIpc) is 1.53. The van der Waals surface area contributed by atoms with Crippen LogP contribution in [-0.4, -0.2) is 9.13 Å². The minimum atomic E-state index is -0.731. The summed E-state index contributed by atoms with van der Waals surface area (Å²) in [5, 5.41) is 9.49. The van der Waals surface area contributed by atoms with Gasteiger partial charge in [-0.05, 0) is 261 Å². The van der Waals surface area contributed by atoms with Crippen LogP contribution in [0.2, 0.25) is 0 Å². The van der Waals surface area contributed by atoms with Crippen LogP contribution < -0.4 is 9.80 Å². The zero-order valence-electron chi connectivity index (χ0n) is 71.5. The maximum absolute atomic E-state index is 2.56. The predicted molar refractivity (Wildman–Crippen MR) is 535 cm³/mol. The van der Waals surface area contributed by atoms with Crippen LogP contribution in [0.1, 0.15) is 94.5 Å². The van der Waals surface area contributed by atoms with Crippen molar-refractivity contribution in [1.82, 2.24) is 9.13 Å². The number of para-hydroxylation sites is 2. The lowest BCUT2D eigenvalue weighted by atomic mass is 9.67. The summed E-state index contributed by atoms with van der Waals surface area (Å²) in [6.07, 6.45) is 0. The molecule has 2 aromatic heterocycles. The van der Waals surface area contributed by atoms with E-state index in [4.69, 9.17) is 0 Å². The van der Waals surface area contributed by atoms with E-state index in [-0.39, 0.29) is 10.8 Å². The molecule has 4 aliphatic rings. The molecule has 0 saturated heterocycles. The molecule has 4 aliphatic carbocycles. The minimum absolute atomic E-state index is 0.196. The van der Waals surface area contributed by atoms with Crippen LogP contribution in [0.3, 0.4) is 0 Å². The highest BCUT2D eigenvalue weighted by Crippen LogP contribution is 2.63. The second-order valence-corrected chi connectivity index (χ2v) is 36.5. The Morgan fingerprint density at radius 2 is 0.539 bits per heavy atom. The number of benzene rings is 20. The molecule has 2 heterocycles. The highest BCUT2D eigenvalue weighted by Gasteiger charge is 2.49. The van der Waals surface area contributed by atoms with Gasteiger partial charge in [0.15, 0.2) is 0 Å². The fraction of sp³-hybridized carbons (Fsp3) is 0.0645. The van der Waals surface area contributed by atoms with Gasteiger partial charge in [0.05, 0.1) is 44.3 Å². The first-order chi connectivity index (χ1) is 63.0. The highest BCUT2D eigenvalue weighted by molar-refractivity contribution is 6.15. The quantitative estimate of drug-likeness (QED) is 0.114. The third-order valence-corrected chi connectivity index (χ3v) is 29.4. The van der Waals surface area contributed by atoms with Gasteiger partial charge in [-0.15, -0.1) is 0 Å². The fourth-order valence-corrected chi connectivity index (χ4v) is 23.8. The molecule has 22 aromatic rings. The number of anilines is 6. The first kappa shape index (κ1) is 73.6. The molecular weight excluding hydrogens is 1550 g/mol. The van der Waals surface area contributed by atoms with E-state index in [1.165, 1.54) is 165 Å². The number of hydrogen-bond acceptors (Lipinski definition) is 2. The van der Waals surface area contributed by atoms with Crippen LogP contribution in [0.5, 0.6) is 0 Å². The lowest BCUT2D eigenvalue weighted by Crippen LogP contribution is -2.28. The maximum atomic E-state index is 2.56. The number of aromatic nitrogens is 2. The molecule has 602 valence electrons. The van der Waals surface area contributed by atoms with Crippen molar-refractivity contribution in [3.8, 4) is 67.0 Å². The summed E-state index contributed by atoms with van der Waals surface area (Å²) in [5.74, 6) is 0. The molecule has 4 nitrogen and oxygen atoms in total. The first-order valence-corrected chi connectivity index (χ1v) is 44.9. The van der Waals surface area contributed by atoms with Crippen molar-refractivity contribution in [2.75, 3.05) is 9.80 Å². The molecule has 26 rings (SSSR count). The molecular formula is C124H86N4. The van der Waals surface area contributed by atoms with E-state index >= 15 is 0 Å². The van der Waals surface area contributed by atoms with Crippen LogP contribution in [0.15, 0.2) is 449 Å². The predicted octanol–water partition coefficient (Wildman–Crippen LogP) is 32.1. The van der Waals surface area contributed by atoms with Crippen molar-refractivity contribution in [2.45, 2.75) is 49.4 Å². The number of nitrogens with zero attached hydrogens (tertiary/aromatic N) is 4. The summed E-state index contributed by atoms with van der Waals surface area (Å²) < 4.78 is 4.95. The molecule has 0 bridgehead atoms. The first-order valence-electron chi connectivity index (χ1n) is 44.9. The number of rotatable bonds is 13. The summed E-state index contributed by atoms with van der Waals surface area (Å²) >= 11 is 0. The van der Waals surface area contributed by atoms with Gasteiger partial charge in [0, 0.05) is 77.3 Å². The lowest BCUT2D eigenvalue weighted by Gasteiger charge is -2.34.